The Bertz CT molecular complexity index is 983. The van der Waals surface area contributed by atoms with Gasteiger partial charge in [-0.25, -0.2) is 10.2 Å². The number of hydrazine groups is 1. The molecule has 0 aliphatic carbocycles. The van der Waals surface area contributed by atoms with E-state index in [2.05, 4.69) is 5.10 Å². The van der Waals surface area contributed by atoms with Gasteiger partial charge in [0.25, 0.3) is 5.56 Å². The van der Waals surface area contributed by atoms with Crippen molar-refractivity contribution in [1.82, 2.24) is 14.8 Å². The lowest BCUT2D eigenvalue weighted by Crippen LogP contribution is -2.27. The van der Waals surface area contributed by atoms with Crippen LogP contribution in [0.5, 0.6) is 0 Å². The minimum Gasteiger partial charge on any atom is -0.390 e. The molecule has 0 bridgehead atoms. The quantitative estimate of drug-likeness (QED) is 0.525. The maximum atomic E-state index is 12.8. The minimum atomic E-state index is -0.570. The van der Waals surface area contributed by atoms with Crippen LogP contribution in [0.25, 0.3) is 22.5 Å². The smallest absolute Gasteiger partial charge is 0.282 e. The van der Waals surface area contributed by atoms with E-state index < -0.39 is 6.67 Å². The van der Waals surface area contributed by atoms with E-state index in [1.165, 1.54) is 27.2 Å². The Labute approximate surface area is 151 Å². The van der Waals surface area contributed by atoms with Gasteiger partial charge in [-0.1, -0.05) is 11.6 Å². The van der Waals surface area contributed by atoms with Crippen LogP contribution in [0.2, 0.25) is 5.02 Å². The monoisotopic (exact) mass is 379 g/mol. The molecule has 9 heteroatoms. The van der Waals surface area contributed by atoms with Gasteiger partial charge >= 0.3 is 0 Å². The standard InChI is InChI=1S/C16H15ClFN5OS/c17-10-1-3-11(4-2-10)23-16(24)14-12(9-25-15(14)19)13(21-23)5-7-22(20)8-6-18/h1-5,7,9H,6,8,19-20H2. The molecule has 3 rings (SSSR count). The molecule has 0 atom stereocenters. The number of nitrogens with zero attached hydrogens (tertiary/aromatic N) is 3. The lowest BCUT2D eigenvalue weighted by molar-refractivity contribution is 0.336. The van der Waals surface area contributed by atoms with Crippen molar-refractivity contribution in [2.24, 2.45) is 5.84 Å². The summed E-state index contributed by atoms with van der Waals surface area (Å²) in [5.74, 6) is 5.65. The van der Waals surface area contributed by atoms with E-state index in [1.807, 2.05) is 0 Å². The van der Waals surface area contributed by atoms with Crippen molar-refractivity contribution in [1.29, 1.82) is 0 Å². The van der Waals surface area contributed by atoms with Gasteiger partial charge in [-0.2, -0.15) is 9.78 Å². The van der Waals surface area contributed by atoms with Crippen LogP contribution in [-0.4, -0.2) is 28.0 Å². The summed E-state index contributed by atoms with van der Waals surface area (Å²) in [6, 6.07) is 6.73. The molecule has 0 saturated carbocycles. The van der Waals surface area contributed by atoms with Crippen LogP contribution in [0.1, 0.15) is 5.69 Å². The molecule has 0 saturated heterocycles. The van der Waals surface area contributed by atoms with Crippen molar-refractivity contribution >= 4 is 44.8 Å². The average molecular weight is 380 g/mol. The summed E-state index contributed by atoms with van der Waals surface area (Å²) < 4.78 is 13.6. The maximum absolute atomic E-state index is 12.8. The molecule has 6 nitrogen and oxygen atoms in total. The number of hydrogen-bond acceptors (Lipinski definition) is 6. The molecular formula is C16H15ClFN5OS. The molecule has 0 unspecified atom stereocenters. The highest BCUT2D eigenvalue weighted by Gasteiger charge is 2.14. The zero-order chi connectivity index (χ0) is 18.0. The number of anilines is 1. The zero-order valence-corrected chi connectivity index (χ0v) is 14.6. The molecule has 0 aliphatic heterocycles. The molecule has 0 spiro atoms. The number of halogens is 2. The first kappa shape index (κ1) is 17.4. The first-order chi connectivity index (χ1) is 12.0. The molecule has 25 heavy (non-hydrogen) atoms. The third-order valence-corrected chi connectivity index (χ3v) is 4.61. The Morgan fingerprint density at radius 2 is 2.08 bits per heavy atom. The number of fused-ring (bicyclic) bond motifs is 1. The fourth-order valence-electron chi connectivity index (χ4n) is 2.31. The van der Waals surface area contributed by atoms with E-state index in [9.17, 15) is 9.18 Å². The van der Waals surface area contributed by atoms with Crippen LogP contribution in [0.3, 0.4) is 0 Å². The van der Waals surface area contributed by atoms with Gasteiger partial charge in [0.05, 0.1) is 28.3 Å². The van der Waals surface area contributed by atoms with Gasteiger partial charge in [0, 0.05) is 22.0 Å². The number of rotatable bonds is 5. The predicted molar refractivity (Wildman–Crippen MR) is 101 cm³/mol. The molecule has 130 valence electrons. The first-order valence-corrected chi connectivity index (χ1v) is 8.58. The number of hydrogen-bond donors (Lipinski definition) is 2. The topological polar surface area (TPSA) is 90.2 Å². The van der Waals surface area contributed by atoms with Gasteiger partial charge in [0.15, 0.2) is 0 Å². The van der Waals surface area contributed by atoms with Crippen molar-refractivity contribution in [2.45, 2.75) is 0 Å². The number of nitrogen functional groups attached to an aromatic ring is 1. The van der Waals surface area contributed by atoms with Gasteiger partial charge in [-0.3, -0.25) is 4.79 Å². The summed E-state index contributed by atoms with van der Waals surface area (Å²) in [7, 11) is 0. The summed E-state index contributed by atoms with van der Waals surface area (Å²) in [6.45, 7) is -0.512. The van der Waals surface area contributed by atoms with Crippen LogP contribution in [0.4, 0.5) is 9.39 Å². The van der Waals surface area contributed by atoms with Gasteiger partial charge in [0.1, 0.15) is 6.67 Å². The second-order valence-corrected chi connectivity index (χ2v) is 6.56. The number of nitrogens with two attached hydrogens (primary N) is 2. The SMILES string of the molecule is Nc1scc2c(C=CN(N)CCF)nn(-c3ccc(Cl)cc3)c(=O)c12. The van der Waals surface area contributed by atoms with E-state index in [1.54, 1.807) is 35.7 Å². The third-order valence-electron chi connectivity index (χ3n) is 3.55. The van der Waals surface area contributed by atoms with E-state index in [0.29, 0.717) is 32.2 Å². The van der Waals surface area contributed by atoms with Crippen LogP contribution in [0, 0.1) is 0 Å². The molecule has 0 radical (unpaired) electrons. The van der Waals surface area contributed by atoms with Gasteiger partial charge in [0.2, 0.25) is 0 Å². The molecular weight excluding hydrogens is 365 g/mol. The van der Waals surface area contributed by atoms with Crippen LogP contribution in [0.15, 0.2) is 40.6 Å². The highest BCUT2D eigenvalue weighted by Crippen LogP contribution is 2.28. The summed E-state index contributed by atoms with van der Waals surface area (Å²) >= 11 is 7.16. The second-order valence-electron chi connectivity index (χ2n) is 5.21. The van der Waals surface area contributed by atoms with Crippen molar-refractivity contribution in [3.63, 3.8) is 0 Å². The van der Waals surface area contributed by atoms with E-state index in [0.717, 1.165) is 0 Å². The molecule has 1 aromatic carbocycles. The van der Waals surface area contributed by atoms with Crippen molar-refractivity contribution in [3.05, 3.63) is 56.9 Å². The number of thiophene rings is 1. The van der Waals surface area contributed by atoms with Crippen molar-refractivity contribution < 1.29 is 4.39 Å². The zero-order valence-electron chi connectivity index (χ0n) is 13.0. The molecule has 0 amide bonds. The van der Waals surface area contributed by atoms with Gasteiger partial charge in [-0.05, 0) is 30.3 Å². The van der Waals surface area contributed by atoms with Crippen LogP contribution < -0.4 is 17.1 Å². The lowest BCUT2D eigenvalue weighted by Gasteiger charge is -2.11. The largest absolute Gasteiger partial charge is 0.390 e. The van der Waals surface area contributed by atoms with E-state index in [-0.39, 0.29) is 12.1 Å². The first-order valence-electron chi connectivity index (χ1n) is 7.32. The molecule has 0 aliphatic rings. The van der Waals surface area contributed by atoms with Gasteiger partial charge < -0.3 is 10.7 Å². The van der Waals surface area contributed by atoms with Crippen molar-refractivity contribution in [3.8, 4) is 5.69 Å². The van der Waals surface area contributed by atoms with E-state index in [4.69, 9.17) is 23.2 Å². The van der Waals surface area contributed by atoms with Gasteiger partial charge in [-0.15, -0.1) is 11.3 Å². The minimum absolute atomic E-state index is 0.0578. The number of alkyl halides is 1. The predicted octanol–water partition coefficient (Wildman–Crippen LogP) is 2.80. The Morgan fingerprint density at radius 3 is 2.76 bits per heavy atom. The van der Waals surface area contributed by atoms with E-state index >= 15 is 0 Å². The third kappa shape index (κ3) is 3.51. The molecule has 4 N–H and O–H groups in total. The highest BCUT2D eigenvalue weighted by molar-refractivity contribution is 7.15. The van der Waals surface area contributed by atoms with Crippen molar-refractivity contribution in [2.75, 3.05) is 19.0 Å². The Morgan fingerprint density at radius 1 is 1.36 bits per heavy atom. The summed E-state index contributed by atoms with van der Waals surface area (Å²) in [5, 5.41) is 9.35. The number of aromatic nitrogens is 2. The molecule has 3 aromatic rings. The second kappa shape index (κ2) is 7.22. The number of benzene rings is 1. The normalized spacial score (nSPS) is 11.5. The summed E-state index contributed by atoms with van der Waals surface area (Å²) in [5.41, 5.74) is 6.72. The van der Waals surface area contributed by atoms with Crippen LogP contribution >= 0.6 is 22.9 Å². The summed E-state index contributed by atoms with van der Waals surface area (Å²) in [4.78, 5) is 12.8. The van der Waals surface area contributed by atoms with Crippen LogP contribution in [-0.2, 0) is 0 Å². The maximum Gasteiger partial charge on any atom is 0.282 e. The lowest BCUT2D eigenvalue weighted by atomic mass is 10.2. The highest BCUT2D eigenvalue weighted by atomic mass is 35.5. The molecule has 2 aromatic heterocycles. The fourth-order valence-corrected chi connectivity index (χ4v) is 3.24. The Hall–Kier alpha value is -2.42. The molecule has 0 fully saturated rings. The Balaban J connectivity index is 2.18. The summed E-state index contributed by atoms with van der Waals surface area (Å²) in [6.07, 6.45) is 3.13. The fraction of sp³-hybridized carbons (Fsp3) is 0.125. The Kier molecular flexibility index (Phi) is 5.03. The molecule has 2 heterocycles. The average Bonchev–Trinajstić information content (AvgIpc) is 2.98.